The van der Waals surface area contributed by atoms with E-state index in [1.807, 2.05) is 36.4 Å². The highest BCUT2D eigenvalue weighted by Crippen LogP contribution is 2.19. The van der Waals surface area contributed by atoms with Crippen LogP contribution in [0.3, 0.4) is 0 Å². The van der Waals surface area contributed by atoms with E-state index in [0.29, 0.717) is 29.0 Å². The summed E-state index contributed by atoms with van der Waals surface area (Å²) in [5.41, 5.74) is 3.36. The minimum absolute atomic E-state index is 0.0276. The van der Waals surface area contributed by atoms with Gasteiger partial charge in [0, 0.05) is 42.1 Å². The Morgan fingerprint density at radius 2 is 1.49 bits per heavy atom. The number of nitrogens with zero attached hydrogens (tertiary/aromatic N) is 1. The van der Waals surface area contributed by atoms with E-state index in [-0.39, 0.29) is 30.3 Å². The zero-order valence-corrected chi connectivity index (χ0v) is 21.2. The van der Waals surface area contributed by atoms with Crippen LogP contribution in [-0.4, -0.2) is 42.3 Å². The molecule has 3 aromatic carbocycles. The fraction of sp³-hybridized carbons (Fsp3) is 0.300. The van der Waals surface area contributed by atoms with E-state index >= 15 is 0 Å². The number of carbonyl (C=O) groups is 3. The molecule has 0 aromatic heterocycles. The second kappa shape index (κ2) is 12.7. The molecule has 1 aliphatic rings. The Morgan fingerprint density at radius 3 is 2.24 bits per heavy atom. The molecule has 3 amide bonds. The summed E-state index contributed by atoms with van der Waals surface area (Å²) in [5, 5.41) is 9.03. The molecule has 1 aliphatic carbocycles. The molecular formula is C30H34N4O3. The van der Waals surface area contributed by atoms with Crippen molar-refractivity contribution in [3.8, 4) is 0 Å². The minimum Gasteiger partial charge on any atom is -0.376 e. The summed E-state index contributed by atoms with van der Waals surface area (Å²) in [7, 11) is 1.76. The van der Waals surface area contributed by atoms with Crippen LogP contribution in [-0.2, 0) is 11.3 Å². The van der Waals surface area contributed by atoms with Gasteiger partial charge in [-0.05, 0) is 54.8 Å². The molecule has 4 rings (SSSR count). The summed E-state index contributed by atoms with van der Waals surface area (Å²) in [5.74, 6) is -0.459. The number of hydrogen-bond donors (Lipinski definition) is 3. The number of hydrogen-bond acceptors (Lipinski definition) is 4. The molecule has 1 saturated carbocycles. The lowest BCUT2D eigenvalue weighted by Crippen LogP contribution is -2.36. The van der Waals surface area contributed by atoms with E-state index in [9.17, 15) is 14.4 Å². The third kappa shape index (κ3) is 7.67. The van der Waals surface area contributed by atoms with E-state index in [1.54, 1.807) is 54.4 Å². The third-order valence-electron chi connectivity index (χ3n) is 6.52. The van der Waals surface area contributed by atoms with Gasteiger partial charge in [-0.1, -0.05) is 61.7 Å². The van der Waals surface area contributed by atoms with Gasteiger partial charge in [-0.3, -0.25) is 14.4 Å². The molecule has 0 saturated heterocycles. The average molecular weight is 499 g/mol. The van der Waals surface area contributed by atoms with Gasteiger partial charge in [0.1, 0.15) is 0 Å². The van der Waals surface area contributed by atoms with Gasteiger partial charge < -0.3 is 20.9 Å². The van der Waals surface area contributed by atoms with Crippen molar-refractivity contribution >= 4 is 29.1 Å². The summed E-state index contributed by atoms with van der Waals surface area (Å²) < 4.78 is 0. The third-order valence-corrected chi connectivity index (χ3v) is 6.52. The van der Waals surface area contributed by atoms with Crippen LogP contribution in [0.5, 0.6) is 0 Å². The summed E-state index contributed by atoms with van der Waals surface area (Å²) in [6.45, 7) is 0.526. The van der Waals surface area contributed by atoms with Crippen LogP contribution >= 0.6 is 0 Å². The van der Waals surface area contributed by atoms with Gasteiger partial charge in [0.2, 0.25) is 5.91 Å². The predicted octanol–water partition coefficient (Wildman–Crippen LogP) is 5.07. The van der Waals surface area contributed by atoms with Gasteiger partial charge in [0.15, 0.2) is 0 Å². The largest absolute Gasteiger partial charge is 0.376 e. The van der Waals surface area contributed by atoms with Gasteiger partial charge in [-0.25, -0.2) is 0 Å². The fourth-order valence-electron chi connectivity index (χ4n) is 4.55. The Morgan fingerprint density at radius 1 is 0.811 bits per heavy atom. The Labute approximate surface area is 218 Å². The molecule has 7 heteroatoms. The van der Waals surface area contributed by atoms with Gasteiger partial charge in [0.05, 0.1) is 6.54 Å². The molecule has 0 aliphatic heterocycles. The van der Waals surface area contributed by atoms with Crippen molar-refractivity contribution in [1.82, 2.24) is 10.2 Å². The van der Waals surface area contributed by atoms with E-state index in [4.69, 9.17) is 0 Å². The SMILES string of the molecule is CN(Cc1ccccc1)C(=O)c1cccc(NC(=O)CNc2cccc(C(=O)NC3CCCCC3)c2)c1. The standard InChI is InChI=1S/C30H34N4O3/c1-34(21-22-10-4-2-5-11-22)30(37)24-13-9-17-27(19-24)32-28(35)20-31-26-16-8-12-23(18-26)29(36)33-25-14-6-3-7-15-25/h2,4-5,8-13,16-19,25,31H,3,6-7,14-15,20-21H2,1H3,(H,32,35)(H,33,36). The smallest absolute Gasteiger partial charge is 0.253 e. The van der Waals surface area contributed by atoms with E-state index in [0.717, 1.165) is 31.2 Å². The normalized spacial score (nSPS) is 13.4. The van der Waals surface area contributed by atoms with Crippen LogP contribution in [0.15, 0.2) is 78.9 Å². The van der Waals surface area contributed by atoms with Crippen LogP contribution in [0.4, 0.5) is 11.4 Å². The first-order valence-electron chi connectivity index (χ1n) is 12.8. The zero-order valence-electron chi connectivity index (χ0n) is 21.2. The van der Waals surface area contributed by atoms with E-state index in [2.05, 4.69) is 16.0 Å². The maximum atomic E-state index is 12.9. The lowest BCUT2D eigenvalue weighted by molar-refractivity contribution is -0.114. The number of nitrogens with one attached hydrogen (secondary N) is 3. The summed E-state index contributed by atoms with van der Waals surface area (Å²) in [4.78, 5) is 39.7. The monoisotopic (exact) mass is 498 g/mol. The van der Waals surface area contributed by atoms with Crippen molar-refractivity contribution in [2.24, 2.45) is 0 Å². The maximum Gasteiger partial charge on any atom is 0.253 e. The summed E-state index contributed by atoms with van der Waals surface area (Å²) >= 11 is 0. The van der Waals surface area contributed by atoms with E-state index in [1.165, 1.54) is 6.42 Å². The van der Waals surface area contributed by atoms with Crippen molar-refractivity contribution in [1.29, 1.82) is 0 Å². The molecule has 0 bridgehead atoms. The van der Waals surface area contributed by atoms with Crippen LogP contribution in [0.2, 0.25) is 0 Å². The number of rotatable bonds is 9. The highest BCUT2D eigenvalue weighted by atomic mass is 16.2. The molecule has 0 unspecified atom stereocenters. The zero-order chi connectivity index (χ0) is 26.0. The van der Waals surface area contributed by atoms with E-state index < -0.39 is 0 Å². The van der Waals surface area contributed by atoms with Gasteiger partial charge >= 0.3 is 0 Å². The van der Waals surface area contributed by atoms with Crippen molar-refractivity contribution in [3.05, 3.63) is 95.6 Å². The van der Waals surface area contributed by atoms with Crippen LogP contribution in [0.1, 0.15) is 58.4 Å². The average Bonchev–Trinajstić information content (AvgIpc) is 2.93. The molecule has 0 atom stereocenters. The first-order valence-corrected chi connectivity index (χ1v) is 12.8. The quantitative estimate of drug-likeness (QED) is 0.384. The lowest BCUT2D eigenvalue weighted by atomic mass is 9.95. The molecule has 3 aromatic rings. The summed E-state index contributed by atoms with van der Waals surface area (Å²) in [6.07, 6.45) is 5.60. The van der Waals surface area contributed by atoms with Gasteiger partial charge in [0.25, 0.3) is 11.8 Å². The molecule has 3 N–H and O–H groups in total. The van der Waals surface area contributed by atoms with Gasteiger partial charge in [-0.15, -0.1) is 0 Å². The number of amides is 3. The van der Waals surface area contributed by atoms with Crippen molar-refractivity contribution < 1.29 is 14.4 Å². The Kier molecular flexibility index (Phi) is 8.92. The lowest BCUT2D eigenvalue weighted by Gasteiger charge is -2.22. The van der Waals surface area contributed by atoms with Crippen LogP contribution < -0.4 is 16.0 Å². The maximum absolute atomic E-state index is 12.9. The van der Waals surface area contributed by atoms with Crippen molar-refractivity contribution in [3.63, 3.8) is 0 Å². The molecule has 37 heavy (non-hydrogen) atoms. The highest BCUT2D eigenvalue weighted by Gasteiger charge is 2.17. The topological polar surface area (TPSA) is 90.5 Å². The second-order valence-electron chi connectivity index (χ2n) is 9.52. The minimum atomic E-state index is -0.251. The molecule has 0 heterocycles. The molecular weight excluding hydrogens is 464 g/mol. The molecule has 0 spiro atoms. The van der Waals surface area contributed by atoms with Crippen molar-refractivity contribution in [2.45, 2.75) is 44.7 Å². The highest BCUT2D eigenvalue weighted by molar-refractivity contribution is 5.98. The molecule has 7 nitrogen and oxygen atoms in total. The van der Waals surface area contributed by atoms with Crippen LogP contribution in [0.25, 0.3) is 0 Å². The molecule has 1 fully saturated rings. The van der Waals surface area contributed by atoms with Crippen molar-refractivity contribution in [2.75, 3.05) is 24.2 Å². The Balaban J connectivity index is 1.29. The summed E-state index contributed by atoms with van der Waals surface area (Å²) in [6, 6.07) is 24.1. The second-order valence-corrected chi connectivity index (χ2v) is 9.52. The fourth-order valence-corrected chi connectivity index (χ4v) is 4.55. The molecule has 0 radical (unpaired) electrons. The Hall–Kier alpha value is -4.13. The first kappa shape index (κ1) is 25.9. The van der Waals surface area contributed by atoms with Gasteiger partial charge in [-0.2, -0.15) is 0 Å². The van der Waals surface area contributed by atoms with Crippen LogP contribution in [0, 0.1) is 0 Å². The number of carbonyl (C=O) groups excluding carboxylic acids is 3. The Bertz CT molecular complexity index is 1220. The first-order chi connectivity index (χ1) is 18.0. The molecule has 192 valence electrons. The number of anilines is 2. The predicted molar refractivity (Wildman–Crippen MR) is 147 cm³/mol. The number of benzene rings is 3.